The number of hydrogen-bond donors (Lipinski definition) is 1. The van der Waals surface area contributed by atoms with E-state index < -0.39 is 6.04 Å². The SMILES string of the molecule is Cc1nc(-c2ccccn2)oc1C(=O)N1CCc2[nH]cnc2[C@H]1c1cc2c(F)cccc2o1. The zero-order chi connectivity index (χ0) is 22.5. The fourth-order valence-corrected chi connectivity index (χ4v) is 4.29. The van der Waals surface area contributed by atoms with Crippen LogP contribution in [0.4, 0.5) is 4.39 Å². The Hall–Kier alpha value is -4.27. The van der Waals surface area contributed by atoms with Gasteiger partial charge in [0.1, 0.15) is 28.9 Å². The van der Waals surface area contributed by atoms with Crippen molar-refractivity contribution in [2.45, 2.75) is 19.4 Å². The lowest BCUT2D eigenvalue weighted by Gasteiger charge is -2.33. The molecule has 1 atom stereocenters. The third kappa shape index (κ3) is 3.12. The van der Waals surface area contributed by atoms with Gasteiger partial charge >= 0.3 is 0 Å². The highest BCUT2D eigenvalue weighted by molar-refractivity contribution is 5.93. The van der Waals surface area contributed by atoms with Crippen LogP contribution in [0.15, 0.2) is 63.8 Å². The molecule has 1 aromatic carbocycles. The van der Waals surface area contributed by atoms with Gasteiger partial charge in [-0.25, -0.2) is 14.4 Å². The quantitative estimate of drug-likeness (QED) is 0.442. The molecule has 0 radical (unpaired) electrons. The molecule has 164 valence electrons. The number of imidazole rings is 1. The molecule has 0 fully saturated rings. The van der Waals surface area contributed by atoms with Crippen LogP contribution in [0.2, 0.25) is 0 Å². The van der Waals surface area contributed by atoms with E-state index in [1.807, 2.05) is 6.07 Å². The van der Waals surface area contributed by atoms with Crippen LogP contribution in [-0.2, 0) is 6.42 Å². The molecule has 0 unspecified atom stereocenters. The van der Waals surface area contributed by atoms with Gasteiger partial charge in [0.05, 0.1) is 23.1 Å². The molecule has 9 heteroatoms. The van der Waals surface area contributed by atoms with Gasteiger partial charge in [0.15, 0.2) is 0 Å². The number of benzene rings is 1. The normalized spacial score (nSPS) is 15.7. The molecule has 8 nitrogen and oxygen atoms in total. The van der Waals surface area contributed by atoms with E-state index in [2.05, 4.69) is 19.9 Å². The maximum absolute atomic E-state index is 14.3. The molecule has 0 spiro atoms. The molecular formula is C24H18FN5O3. The van der Waals surface area contributed by atoms with Crippen molar-refractivity contribution in [3.8, 4) is 11.6 Å². The van der Waals surface area contributed by atoms with Gasteiger partial charge in [-0.3, -0.25) is 9.78 Å². The summed E-state index contributed by atoms with van der Waals surface area (Å²) in [6.45, 7) is 2.12. The van der Waals surface area contributed by atoms with Crippen LogP contribution in [0.1, 0.15) is 39.4 Å². The molecule has 1 aliphatic rings. The second-order valence-corrected chi connectivity index (χ2v) is 7.87. The van der Waals surface area contributed by atoms with Crippen LogP contribution in [0, 0.1) is 12.7 Å². The van der Waals surface area contributed by atoms with Crippen molar-refractivity contribution in [2.24, 2.45) is 0 Å². The maximum atomic E-state index is 14.3. The van der Waals surface area contributed by atoms with Gasteiger partial charge in [-0.1, -0.05) is 12.1 Å². The van der Waals surface area contributed by atoms with Crippen molar-refractivity contribution in [1.82, 2.24) is 24.8 Å². The van der Waals surface area contributed by atoms with Crippen molar-refractivity contribution >= 4 is 16.9 Å². The first kappa shape index (κ1) is 19.4. The summed E-state index contributed by atoms with van der Waals surface area (Å²) in [6.07, 6.45) is 3.82. The highest BCUT2D eigenvalue weighted by Crippen LogP contribution is 2.38. The Morgan fingerprint density at radius 2 is 2.09 bits per heavy atom. The number of aromatic amines is 1. The van der Waals surface area contributed by atoms with Crippen molar-refractivity contribution in [3.05, 3.63) is 89.4 Å². The van der Waals surface area contributed by atoms with E-state index in [0.717, 1.165) is 5.69 Å². The lowest BCUT2D eigenvalue weighted by atomic mass is 9.99. The topological polar surface area (TPSA) is 101 Å². The van der Waals surface area contributed by atoms with Crippen LogP contribution < -0.4 is 0 Å². The number of fused-ring (bicyclic) bond motifs is 2. The number of furan rings is 1. The smallest absolute Gasteiger partial charge is 0.292 e. The predicted octanol–water partition coefficient (Wildman–Crippen LogP) is 4.44. The first-order valence-corrected chi connectivity index (χ1v) is 10.5. The summed E-state index contributed by atoms with van der Waals surface area (Å²) < 4.78 is 26.2. The van der Waals surface area contributed by atoms with Crippen molar-refractivity contribution in [1.29, 1.82) is 0 Å². The third-order valence-electron chi connectivity index (χ3n) is 5.86. The number of pyridine rings is 1. The molecule has 1 amide bonds. The number of aryl methyl sites for hydroxylation is 1. The van der Waals surface area contributed by atoms with Crippen LogP contribution in [0.25, 0.3) is 22.6 Å². The number of halogens is 1. The molecule has 0 saturated carbocycles. The highest BCUT2D eigenvalue weighted by Gasteiger charge is 2.38. The largest absolute Gasteiger partial charge is 0.458 e. The Morgan fingerprint density at radius 1 is 1.18 bits per heavy atom. The van der Waals surface area contributed by atoms with Crippen LogP contribution in [-0.4, -0.2) is 37.3 Å². The molecule has 6 rings (SSSR count). The summed E-state index contributed by atoms with van der Waals surface area (Å²) in [7, 11) is 0. The Bertz CT molecular complexity index is 1490. The van der Waals surface area contributed by atoms with Gasteiger partial charge in [-0.15, -0.1) is 0 Å². The Balaban J connectivity index is 1.44. The first-order chi connectivity index (χ1) is 16.1. The lowest BCUT2D eigenvalue weighted by Crippen LogP contribution is -2.40. The molecule has 1 aliphatic heterocycles. The molecule has 4 aromatic heterocycles. The number of hydrogen-bond acceptors (Lipinski definition) is 6. The number of nitrogens with zero attached hydrogens (tertiary/aromatic N) is 4. The van der Waals surface area contributed by atoms with Gasteiger partial charge in [0, 0.05) is 24.9 Å². The zero-order valence-corrected chi connectivity index (χ0v) is 17.6. The minimum Gasteiger partial charge on any atom is -0.458 e. The Kier molecular flexibility index (Phi) is 4.36. The van der Waals surface area contributed by atoms with E-state index in [9.17, 15) is 9.18 Å². The minimum atomic E-state index is -0.637. The number of oxazole rings is 1. The molecule has 0 bridgehead atoms. The molecule has 0 aliphatic carbocycles. The number of nitrogens with one attached hydrogen (secondary N) is 1. The third-order valence-corrected chi connectivity index (χ3v) is 5.86. The van der Waals surface area contributed by atoms with E-state index in [-0.39, 0.29) is 23.4 Å². The van der Waals surface area contributed by atoms with Gasteiger partial charge in [-0.05, 0) is 37.3 Å². The van der Waals surface area contributed by atoms with E-state index in [1.54, 1.807) is 54.7 Å². The zero-order valence-electron chi connectivity index (χ0n) is 17.6. The fraction of sp³-hybridized carbons (Fsp3) is 0.167. The fourth-order valence-electron chi connectivity index (χ4n) is 4.29. The number of aromatic nitrogens is 4. The maximum Gasteiger partial charge on any atom is 0.292 e. The van der Waals surface area contributed by atoms with Gasteiger partial charge < -0.3 is 18.7 Å². The highest BCUT2D eigenvalue weighted by atomic mass is 19.1. The summed E-state index contributed by atoms with van der Waals surface area (Å²) in [6, 6.07) is 11.0. The molecule has 0 saturated heterocycles. The Morgan fingerprint density at radius 3 is 2.91 bits per heavy atom. The number of carbonyl (C=O) groups excluding carboxylic acids is 1. The second kappa shape index (κ2) is 7.40. The molecule has 5 aromatic rings. The molecular weight excluding hydrogens is 425 g/mol. The van der Waals surface area contributed by atoms with E-state index in [4.69, 9.17) is 8.83 Å². The second-order valence-electron chi connectivity index (χ2n) is 7.87. The minimum absolute atomic E-state index is 0.127. The van der Waals surface area contributed by atoms with Gasteiger partial charge in [0.2, 0.25) is 11.7 Å². The lowest BCUT2D eigenvalue weighted by molar-refractivity contribution is 0.0640. The molecule has 1 N–H and O–H groups in total. The average Bonchev–Trinajstić information content (AvgIpc) is 3.57. The summed E-state index contributed by atoms with van der Waals surface area (Å²) in [5.74, 6) is 0.100. The number of amides is 1. The summed E-state index contributed by atoms with van der Waals surface area (Å²) in [4.78, 5) is 31.5. The van der Waals surface area contributed by atoms with Gasteiger partial charge in [0.25, 0.3) is 5.91 Å². The summed E-state index contributed by atoms with van der Waals surface area (Å²) >= 11 is 0. The standard InChI is InChI=1S/C24H18FN5O3/c1-13-22(33-23(29-13)17-6-2-3-9-26-17)24(31)30-10-8-16-20(28-12-27-16)21(30)19-11-14-15(25)5-4-7-18(14)32-19/h2-7,9,11-12,21H,8,10H2,1H3,(H,27,28)/t21-/m1/s1. The van der Waals surface area contributed by atoms with Crippen molar-refractivity contribution in [2.75, 3.05) is 6.54 Å². The predicted molar refractivity (Wildman–Crippen MR) is 116 cm³/mol. The monoisotopic (exact) mass is 443 g/mol. The van der Waals surface area contributed by atoms with E-state index in [0.29, 0.717) is 46.8 Å². The van der Waals surface area contributed by atoms with E-state index >= 15 is 0 Å². The summed E-state index contributed by atoms with van der Waals surface area (Å²) in [5.41, 5.74) is 2.98. The molecule has 5 heterocycles. The number of H-pyrrole nitrogens is 1. The van der Waals surface area contributed by atoms with Crippen LogP contribution >= 0.6 is 0 Å². The summed E-state index contributed by atoms with van der Waals surface area (Å²) in [5, 5.41) is 0.357. The average molecular weight is 443 g/mol. The van der Waals surface area contributed by atoms with Gasteiger partial charge in [-0.2, -0.15) is 0 Å². The number of rotatable bonds is 3. The van der Waals surface area contributed by atoms with Crippen molar-refractivity contribution < 1.29 is 18.0 Å². The number of carbonyl (C=O) groups is 1. The van der Waals surface area contributed by atoms with E-state index in [1.165, 1.54) is 6.07 Å². The van der Waals surface area contributed by atoms with Crippen molar-refractivity contribution in [3.63, 3.8) is 0 Å². The van der Waals surface area contributed by atoms with Crippen LogP contribution in [0.5, 0.6) is 0 Å². The van der Waals surface area contributed by atoms with Crippen LogP contribution in [0.3, 0.4) is 0 Å². The molecule has 33 heavy (non-hydrogen) atoms. The Labute approximate surface area is 187 Å². The first-order valence-electron chi connectivity index (χ1n) is 10.5.